The number of hydrogen-bond donors (Lipinski definition) is 0. The summed E-state index contributed by atoms with van der Waals surface area (Å²) in [5.41, 5.74) is 1.42. The van der Waals surface area contributed by atoms with Gasteiger partial charge < -0.3 is 9.64 Å². The van der Waals surface area contributed by atoms with E-state index >= 15 is 0 Å². The fourth-order valence-corrected chi connectivity index (χ4v) is 1.99. The van der Waals surface area contributed by atoms with Gasteiger partial charge in [0.05, 0.1) is 18.4 Å². The minimum absolute atomic E-state index is 0.0454. The van der Waals surface area contributed by atoms with E-state index in [2.05, 4.69) is 0 Å². The van der Waals surface area contributed by atoms with Gasteiger partial charge >= 0.3 is 0 Å². The molecule has 0 atom stereocenters. The first-order chi connectivity index (χ1) is 9.54. The van der Waals surface area contributed by atoms with E-state index in [4.69, 9.17) is 4.74 Å². The zero-order chi connectivity index (χ0) is 14.7. The van der Waals surface area contributed by atoms with Crippen molar-refractivity contribution >= 4 is 11.6 Å². The van der Waals surface area contributed by atoms with Crippen LogP contribution < -0.4 is 9.64 Å². The first-order valence-electron chi connectivity index (χ1n) is 6.22. The first-order valence-corrected chi connectivity index (χ1v) is 6.22. The summed E-state index contributed by atoms with van der Waals surface area (Å²) >= 11 is 0. The minimum Gasteiger partial charge on any atom is -0.495 e. The van der Waals surface area contributed by atoms with Crippen molar-refractivity contribution in [3.05, 3.63) is 59.4 Å². The first kappa shape index (κ1) is 14.1. The number of halogens is 1. The van der Waals surface area contributed by atoms with Crippen LogP contribution in [-0.2, 0) is 0 Å². The lowest BCUT2D eigenvalue weighted by Crippen LogP contribution is -2.27. The topological polar surface area (TPSA) is 29.5 Å². The van der Waals surface area contributed by atoms with Crippen molar-refractivity contribution in [3.63, 3.8) is 0 Å². The van der Waals surface area contributed by atoms with Crippen LogP contribution in [-0.4, -0.2) is 20.1 Å². The van der Waals surface area contributed by atoms with Gasteiger partial charge in [0.2, 0.25) is 0 Å². The predicted octanol–water partition coefficient (Wildman–Crippen LogP) is 3.42. The molecule has 2 aromatic rings. The Kier molecular flexibility index (Phi) is 4.03. The van der Waals surface area contributed by atoms with Gasteiger partial charge in [0.1, 0.15) is 11.6 Å². The minimum atomic E-state index is -0.517. The van der Waals surface area contributed by atoms with Gasteiger partial charge in [-0.3, -0.25) is 4.79 Å². The van der Waals surface area contributed by atoms with Gasteiger partial charge in [-0.25, -0.2) is 4.39 Å². The molecule has 104 valence electrons. The highest BCUT2D eigenvalue weighted by molar-refractivity contribution is 6.06. The van der Waals surface area contributed by atoms with Crippen molar-refractivity contribution in [1.82, 2.24) is 0 Å². The van der Waals surface area contributed by atoms with E-state index in [0.717, 1.165) is 5.56 Å². The molecular formula is C16H16FNO2. The number of benzene rings is 2. The summed E-state index contributed by atoms with van der Waals surface area (Å²) in [4.78, 5) is 13.8. The number of nitrogens with zero attached hydrogens (tertiary/aromatic N) is 1. The molecule has 4 heteroatoms. The number of ether oxygens (including phenoxy) is 1. The zero-order valence-corrected chi connectivity index (χ0v) is 11.7. The van der Waals surface area contributed by atoms with Gasteiger partial charge in [-0.05, 0) is 36.8 Å². The summed E-state index contributed by atoms with van der Waals surface area (Å²) < 4.78 is 19.1. The van der Waals surface area contributed by atoms with Crippen LogP contribution in [0.15, 0.2) is 42.5 Å². The number of rotatable bonds is 3. The van der Waals surface area contributed by atoms with E-state index in [1.165, 1.54) is 24.1 Å². The maximum atomic E-state index is 13.9. The van der Waals surface area contributed by atoms with Gasteiger partial charge in [0.25, 0.3) is 5.91 Å². The summed E-state index contributed by atoms with van der Waals surface area (Å²) in [5, 5.41) is 0. The molecule has 0 aliphatic rings. The summed E-state index contributed by atoms with van der Waals surface area (Å²) in [6.45, 7) is 1.78. The third-order valence-corrected chi connectivity index (χ3v) is 3.11. The number of methoxy groups -OCH3 is 1. The molecule has 0 aromatic heterocycles. The molecule has 0 saturated heterocycles. The average molecular weight is 273 g/mol. The summed E-state index contributed by atoms with van der Waals surface area (Å²) in [6.07, 6.45) is 0. The molecule has 0 bridgehead atoms. The van der Waals surface area contributed by atoms with E-state index < -0.39 is 11.7 Å². The number of amides is 1. The summed E-state index contributed by atoms with van der Waals surface area (Å²) in [6, 6.07) is 11.7. The maximum absolute atomic E-state index is 13.9. The van der Waals surface area contributed by atoms with Crippen LogP contribution in [0.1, 0.15) is 15.9 Å². The molecular weight excluding hydrogens is 257 g/mol. The Morgan fingerprint density at radius 3 is 2.55 bits per heavy atom. The van der Waals surface area contributed by atoms with Gasteiger partial charge in [0.15, 0.2) is 0 Å². The van der Waals surface area contributed by atoms with Crippen molar-refractivity contribution in [2.24, 2.45) is 0 Å². The molecule has 0 aliphatic carbocycles. The molecule has 0 saturated carbocycles. The van der Waals surface area contributed by atoms with Crippen molar-refractivity contribution in [2.75, 3.05) is 19.1 Å². The number of anilines is 1. The number of carbonyl (C=O) groups is 1. The number of hydrogen-bond acceptors (Lipinski definition) is 2. The van der Waals surface area contributed by atoms with E-state index in [1.54, 1.807) is 38.2 Å². The van der Waals surface area contributed by atoms with Crippen molar-refractivity contribution in [1.29, 1.82) is 0 Å². The van der Waals surface area contributed by atoms with E-state index in [-0.39, 0.29) is 5.56 Å². The second kappa shape index (κ2) is 5.74. The quantitative estimate of drug-likeness (QED) is 0.857. The van der Waals surface area contributed by atoms with Crippen molar-refractivity contribution < 1.29 is 13.9 Å². The lowest BCUT2D eigenvalue weighted by Gasteiger charge is -2.20. The Bertz CT molecular complexity index is 640. The van der Waals surface area contributed by atoms with E-state index in [0.29, 0.717) is 11.4 Å². The summed E-state index contributed by atoms with van der Waals surface area (Å²) in [7, 11) is 3.13. The molecule has 1 amide bonds. The summed E-state index contributed by atoms with van der Waals surface area (Å²) in [5.74, 6) is -0.361. The Balaban J connectivity index is 2.37. The Hall–Kier alpha value is -2.36. The molecule has 0 unspecified atom stereocenters. The normalized spacial score (nSPS) is 10.2. The van der Waals surface area contributed by atoms with Crippen LogP contribution in [0.25, 0.3) is 0 Å². The Morgan fingerprint density at radius 2 is 1.90 bits per heavy atom. The number of para-hydroxylation sites is 2. The Morgan fingerprint density at radius 1 is 1.20 bits per heavy atom. The predicted molar refractivity (Wildman–Crippen MR) is 76.9 cm³/mol. The van der Waals surface area contributed by atoms with Crippen molar-refractivity contribution in [2.45, 2.75) is 6.92 Å². The average Bonchev–Trinajstić information content (AvgIpc) is 2.45. The molecule has 2 aromatic carbocycles. The third-order valence-electron chi connectivity index (χ3n) is 3.11. The maximum Gasteiger partial charge on any atom is 0.261 e. The number of aryl methyl sites for hydroxylation is 1. The fraction of sp³-hybridized carbons (Fsp3) is 0.188. The SMILES string of the molecule is COc1ccccc1N(C)C(=O)c1ccc(C)cc1F. The molecule has 0 aliphatic heterocycles. The molecule has 2 rings (SSSR count). The number of carbonyl (C=O) groups excluding carboxylic acids is 1. The van der Waals surface area contributed by atoms with Crippen LogP contribution in [0.4, 0.5) is 10.1 Å². The van der Waals surface area contributed by atoms with E-state index in [9.17, 15) is 9.18 Å². The lowest BCUT2D eigenvalue weighted by atomic mass is 10.1. The fourth-order valence-electron chi connectivity index (χ4n) is 1.99. The van der Waals surface area contributed by atoms with Crippen LogP contribution in [0.3, 0.4) is 0 Å². The van der Waals surface area contributed by atoms with Crippen LogP contribution >= 0.6 is 0 Å². The van der Waals surface area contributed by atoms with Gasteiger partial charge in [-0.15, -0.1) is 0 Å². The van der Waals surface area contributed by atoms with Crippen LogP contribution in [0, 0.1) is 12.7 Å². The highest BCUT2D eigenvalue weighted by atomic mass is 19.1. The van der Waals surface area contributed by atoms with Crippen LogP contribution in [0.2, 0.25) is 0 Å². The van der Waals surface area contributed by atoms with Gasteiger partial charge in [-0.1, -0.05) is 18.2 Å². The van der Waals surface area contributed by atoms with E-state index in [1.807, 2.05) is 6.07 Å². The van der Waals surface area contributed by atoms with Gasteiger partial charge in [-0.2, -0.15) is 0 Å². The lowest BCUT2D eigenvalue weighted by molar-refractivity contribution is 0.0988. The smallest absolute Gasteiger partial charge is 0.261 e. The van der Waals surface area contributed by atoms with Gasteiger partial charge in [0, 0.05) is 7.05 Å². The molecule has 0 heterocycles. The highest BCUT2D eigenvalue weighted by Gasteiger charge is 2.19. The monoisotopic (exact) mass is 273 g/mol. The highest BCUT2D eigenvalue weighted by Crippen LogP contribution is 2.28. The molecule has 3 nitrogen and oxygen atoms in total. The Labute approximate surface area is 117 Å². The molecule has 0 radical (unpaired) electrons. The second-order valence-electron chi connectivity index (χ2n) is 4.52. The second-order valence-corrected chi connectivity index (χ2v) is 4.52. The molecule has 20 heavy (non-hydrogen) atoms. The molecule has 0 fully saturated rings. The standard InChI is InChI=1S/C16H16FNO2/c1-11-8-9-12(13(17)10-11)16(19)18(2)14-6-4-5-7-15(14)20-3/h4-10H,1-3H3. The third kappa shape index (κ3) is 2.64. The molecule has 0 spiro atoms. The largest absolute Gasteiger partial charge is 0.495 e. The van der Waals surface area contributed by atoms with Crippen molar-refractivity contribution in [3.8, 4) is 5.75 Å². The molecule has 0 N–H and O–H groups in total. The zero-order valence-electron chi connectivity index (χ0n) is 11.7. The van der Waals surface area contributed by atoms with Crippen LogP contribution in [0.5, 0.6) is 5.75 Å².